The normalized spacial score (nSPS) is 21.9. The highest BCUT2D eigenvalue weighted by Gasteiger charge is 2.63. The molecular formula is C20H22Cl2F3NO4. The molecule has 0 aliphatic heterocycles. The van der Waals surface area contributed by atoms with Gasteiger partial charge in [-0.2, -0.15) is 13.2 Å². The van der Waals surface area contributed by atoms with Gasteiger partial charge >= 0.3 is 12.1 Å². The van der Waals surface area contributed by atoms with Crippen LogP contribution in [-0.2, 0) is 19.9 Å². The van der Waals surface area contributed by atoms with E-state index in [0.717, 1.165) is 19.2 Å². The number of amides is 1. The van der Waals surface area contributed by atoms with E-state index in [-0.39, 0.29) is 28.3 Å². The number of hydrogen-bond donors (Lipinski definition) is 1. The first-order valence-corrected chi connectivity index (χ1v) is 9.81. The van der Waals surface area contributed by atoms with Gasteiger partial charge in [0.1, 0.15) is 4.49 Å². The summed E-state index contributed by atoms with van der Waals surface area (Å²) in [6.45, 7) is 5.77. The van der Waals surface area contributed by atoms with Crippen molar-refractivity contribution in [1.29, 1.82) is 0 Å². The molecule has 30 heavy (non-hydrogen) atoms. The van der Waals surface area contributed by atoms with Crippen molar-refractivity contribution in [1.82, 2.24) is 0 Å². The topological polar surface area (TPSA) is 66.8 Å². The Kier molecular flexibility index (Phi) is 6.86. The van der Waals surface area contributed by atoms with Gasteiger partial charge in [0.15, 0.2) is 0 Å². The fourth-order valence-electron chi connectivity index (χ4n) is 3.66. The highest BCUT2D eigenvalue weighted by atomic mass is 35.5. The lowest BCUT2D eigenvalue weighted by Gasteiger charge is -2.29. The molecule has 0 unspecified atom stereocenters. The minimum Gasteiger partial charge on any atom is -0.466 e. The number of rotatable bonds is 6. The zero-order valence-corrected chi connectivity index (χ0v) is 18.3. The van der Waals surface area contributed by atoms with Crippen molar-refractivity contribution in [3.05, 3.63) is 40.4 Å². The quantitative estimate of drug-likeness (QED) is 0.623. The van der Waals surface area contributed by atoms with Crippen LogP contribution in [0.5, 0.6) is 0 Å². The Morgan fingerprint density at radius 3 is 2.17 bits per heavy atom. The number of carbonyl (C=O) groups excluding carboxylic acids is 2. The third kappa shape index (κ3) is 4.18. The SMILES string of the molecule is CCN(C(=O)[C@@H]1[C@@H](C=C(Cl)Cl)C1(C)C)c1ccc([C@@](O)(C(=O)OC)C(F)(F)F)cc1. The van der Waals surface area contributed by atoms with E-state index in [1.807, 2.05) is 13.8 Å². The van der Waals surface area contributed by atoms with E-state index in [4.69, 9.17) is 23.2 Å². The minimum absolute atomic E-state index is 0.0602. The Morgan fingerprint density at radius 1 is 1.23 bits per heavy atom. The Hall–Kier alpha value is -1.77. The van der Waals surface area contributed by atoms with Gasteiger partial charge < -0.3 is 14.7 Å². The van der Waals surface area contributed by atoms with Crippen LogP contribution in [-0.4, -0.2) is 36.8 Å². The molecule has 10 heteroatoms. The van der Waals surface area contributed by atoms with E-state index >= 15 is 0 Å². The molecule has 1 aliphatic carbocycles. The first kappa shape index (κ1) is 24.5. The van der Waals surface area contributed by atoms with Crippen molar-refractivity contribution < 1.29 is 32.6 Å². The number of aliphatic hydroxyl groups is 1. The van der Waals surface area contributed by atoms with Crippen molar-refractivity contribution in [3.63, 3.8) is 0 Å². The number of esters is 1. The van der Waals surface area contributed by atoms with Crippen LogP contribution in [0.3, 0.4) is 0 Å². The minimum atomic E-state index is -5.29. The van der Waals surface area contributed by atoms with Gasteiger partial charge in [-0.15, -0.1) is 0 Å². The molecule has 1 aromatic rings. The van der Waals surface area contributed by atoms with Crippen LogP contribution in [0.4, 0.5) is 18.9 Å². The Morgan fingerprint density at radius 2 is 1.77 bits per heavy atom. The number of hydrogen-bond acceptors (Lipinski definition) is 4. The molecular weight excluding hydrogens is 446 g/mol. The molecule has 0 bridgehead atoms. The van der Waals surface area contributed by atoms with E-state index in [0.29, 0.717) is 5.69 Å². The summed E-state index contributed by atoms with van der Waals surface area (Å²) < 4.78 is 44.4. The fraction of sp³-hybridized carbons (Fsp3) is 0.500. The highest BCUT2D eigenvalue weighted by Crippen LogP contribution is 2.60. The van der Waals surface area contributed by atoms with Gasteiger partial charge in [0.25, 0.3) is 5.60 Å². The number of nitrogens with zero attached hydrogens (tertiary/aromatic N) is 1. The summed E-state index contributed by atoms with van der Waals surface area (Å²) in [5.41, 5.74) is -4.58. The third-order valence-corrected chi connectivity index (χ3v) is 5.80. The van der Waals surface area contributed by atoms with E-state index in [9.17, 15) is 27.9 Å². The summed E-state index contributed by atoms with van der Waals surface area (Å²) in [4.78, 5) is 26.1. The molecule has 1 fully saturated rings. The first-order chi connectivity index (χ1) is 13.7. The molecule has 0 aromatic heterocycles. The van der Waals surface area contributed by atoms with Crippen molar-refractivity contribution >= 4 is 40.8 Å². The average Bonchev–Trinajstić information content (AvgIpc) is 3.19. The summed E-state index contributed by atoms with van der Waals surface area (Å²) in [6.07, 6.45) is -3.69. The van der Waals surface area contributed by atoms with Crippen molar-refractivity contribution in [2.24, 2.45) is 17.3 Å². The Bertz CT molecular complexity index is 851. The zero-order chi connectivity index (χ0) is 23.1. The van der Waals surface area contributed by atoms with Gasteiger partial charge in [0, 0.05) is 17.8 Å². The van der Waals surface area contributed by atoms with Gasteiger partial charge in [-0.1, -0.05) is 49.2 Å². The molecule has 3 atom stereocenters. The van der Waals surface area contributed by atoms with Crippen LogP contribution in [0, 0.1) is 17.3 Å². The third-order valence-electron chi connectivity index (χ3n) is 5.55. The molecule has 2 rings (SSSR count). The van der Waals surface area contributed by atoms with E-state index in [2.05, 4.69) is 4.74 Å². The van der Waals surface area contributed by atoms with Crippen molar-refractivity contribution in [2.75, 3.05) is 18.6 Å². The van der Waals surface area contributed by atoms with Crippen LogP contribution in [0.15, 0.2) is 34.8 Å². The van der Waals surface area contributed by atoms with Crippen molar-refractivity contribution in [2.45, 2.75) is 32.5 Å². The summed E-state index contributed by atoms with van der Waals surface area (Å²) in [5, 5.41) is 10.1. The number of halogens is 5. The summed E-state index contributed by atoms with van der Waals surface area (Å²) in [5.74, 6) is -2.65. The Labute approximate surface area is 182 Å². The van der Waals surface area contributed by atoms with Crippen LogP contribution >= 0.6 is 23.2 Å². The molecule has 0 saturated heterocycles. The number of anilines is 1. The van der Waals surface area contributed by atoms with Gasteiger partial charge in [-0.25, -0.2) is 4.79 Å². The number of ether oxygens (including phenoxy) is 1. The molecule has 1 N–H and O–H groups in total. The van der Waals surface area contributed by atoms with Crippen molar-refractivity contribution in [3.8, 4) is 0 Å². The van der Waals surface area contributed by atoms with Gasteiger partial charge in [-0.05, 0) is 36.5 Å². The monoisotopic (exact) mass is 467 g/mol. The summed E-state index contributed by atoms with van der Waals surface area (Å²) in [7, 11) is 0.750. The predicted octanol–water partition coefficient (Wildman–Crippen LogP) is 4.55. The van der Waals surface area contributed by atoms with Gasteiger partial charge in [-0.3, -0.25) is 4.79 Å². The first-order valence-electron chi connectivity index (χ1n) is 9.05. The molecule has 1 aromatic carbocycles. The van der Waals surface area contributed by atoms with Crippen LogP contribution in [0.1, 0.15) is 26.3 Å². The Balaban J connectivity index is 2.35. The summed E-state index contributed by atoms with van der Waals surface area (Å²) >= 11 is 11.4. The molecule has 1 aliphatic rings. The van der Waals surface area contributed by atoms with Gasteiger partial charge in [0.05, 0.1) is 13.0 Å². The standard InChI is InChI=1S/C20H22Cl2F3NO4/c1-5-26(16(27)15-13(10-14(21)22)18(15,2)3)12-8-6-11(7-9-12)19(29,17(28)30-4)20(23,24)25/h6-10,13,15,29H,5H2,1-4H3/t13-,15+,19-/m1/s1. The number of carbonyl (C=O) groups is 2. The smallest absolute Gasteiger partial charge is 0.432 e. The molecule has 0 radical (unpaired) electrons. The number of allylic oxidation sites excluding steroid dienone is 1. The maximum absolute atomic E-state index is 13.4. The predicted molar refractivity (Wildman–Crippen MR) is 107 cm³/mol. The lowest BCUT2D eigenvalue weighted by Crippen LogP contribution is -2.49. The van der Waals surface area contributed by atoms with Crippen LogP contribution < -0.4 is 4.90 Å². The van der Waals surface area contributed by atoms with E-state index in [1.165, 1.54) is 17.0 Å². The van der Waals surface area contributed by atoms with Crippen LogP contribution in [0.2, 0.25) is 0 Å². The maximum Gasteiger partial charge on any atom is 0.432 e. The van der Waals surface area contributed by atoms with Crippen LogP contribution in [0.25, 0.3) is 0 Å². The number of methoxy groups -OCH3 is 1. The molecule has 5 nitrogen and oxygen atoms in total. The largest absolute Gasteiger partial charge is 0.466 e. The second-order valence-corrected chi connectivity index (χ2v) is 8.62. The lowest BCUT2D eigenvalue weighted by molar-refractivity contribution is -0.266. The molecule has 166 valence electrons. The second kappa shape index (κ2) is 8.40. The zero-order valence-electron chi connectivity index (χ0n) is 16.8. The molecule has 1 amide bonds. The second-order valence-electron chi connectivity index (χ2n) is 7.61. The number of benzene rings is 1. The van der Waals surface area contributed by atoms with Gasteiger partial charge in [0.2, 0.25) is 5.91 Å². The molecule has 0 heterocycles. The lowest BCUT2D eigenvalue weighted by atomic mass is 9.93. The van der Waals surface area contributed by atoms with E-state index in [1.54, 1.807) is 13.0 Å². The number of alkyl halides is 3. The summed E-state index contributed by atoms with van der Waals surface area (Å²) in [6, 6.07) is 4.37. The maximum atomic E-state index is 13.4. The highest BCUT2D eigenvalue weighted by molar-refractivity contribution is 6.55. The molecule has 0 spiro atoms. The average molecular weight is 468 g/mol. The van der Waals surface area contributed by atoms with E-state index < -0.39 is 29.2 Å². The fourth-order valence-corrected chi connectivity index (χ4v) is 3.93. The molecule has 1 saturated carbocycles.